The lowest BCUT2D eigenvalue weighted by Crippen LogP contribution is -2.47. The van der Waals surface area contributed by atoms with Crippen molar-refractivity contribution in [1.29, 1.82) is 0 Å². The predicted molar refractivity (Wildman–Crippen MR) is 111 cm³/mol. The van der Waals surface area contributed by atoms with Crippen LogP contribution in [0.25, 0.3) is 0 Å². The third-order valence-corrected chi connectivity index (χ3v) is 5.31. The smallest absolute Gasteiger partial charge is 0.131 e. The molecule has 8 heteroatoms. The Morgan fingerprint density at radius 3 is 2.00 bits per heavy atom. The molecule has 2 fully saturated rings. The number of hydrogen-bond donors (Lipinski definition) is 1. The summed E-state index contributed by atoms with van der Waals surface area (Å²) in [7, 11) is 5.10. The number of nitrogens with one attached hydrogen (secondary N) is 1. The average molecular weight is 423 g/mol. The normalized spacial score (nSPS) is 19.4. The van der Waals surface area contributed by atoms with Gasteiger partial charge in [-0.05, 0) is 18.8 Å². The summed E-state index contributed by atoms with van der Waals surface area (Å²) in [4.78, 5) is 2.57. The van der Waals surface area contributed by atoms with Crippen LogP contribution in [0.5, 0.6) is 17.2 Å². The van der Waals surface area contributed by atoms with E-state index in [4.69, 9.17) is 18.9 Å². The molecule has 3 rings (SSSR count). The second-order valence-corrected chi connectivity index (χ2v) is 6.63. The Balaban J connectivity index is 0.00000182. The summed E-state index contributed by atoms with van der Waals surface area (Å²) in [6.07, 6.45) is 2.12. The van der Waals surface area contributed by atoms with Gasteiger partial charge in [0.25, 0.3) is 0 Å². The molecule has 1 atom stereocenters. The van der Waals surface area contributed by atoms with Crippen molar-refractivity contribution in [3.8, 4) is 17.2 Å². The number of ether oxygens (including phenoxy) is 4. The van der Waals surface area contributed by atoms with Crippen molar-refractivity contribution in [1.82, 2.24) is 10.2 Å². The Morgan fingerprint density at radius 1 is 0.963 bits per heavy atom. The lowest BCUT2D eigenvalue weighted by molar-refractivity contribution is 0.0199. The highest BCUT2D eigenvalue weighted by atomic mass is 35.5. The number of piperazine rings is 1. The molecule has 0 bridgehead atoms. The molecule has 0 aliphatic carbocycles. The lowest BCUT2D eigenvalue weighted by Gasteiger charge is -2.42. The summed E-state index contributed by atoms with van der Waals surface area (Å²) in [5.41, 5.74) is 1.14. The van der Waals surface area contributed by atoms with Crippen molar-refractivity contribution in [3.05, 3.63) is 17.7 Å². The molecule has 0 saturated carbocycles. The fraction of sp³-hybridized carbons (Fsp3) is 0.684. The minimum absolute atomic E-state index is 0. The molecule has 0 amide bonds. The van der Waals surface area contributed by atoms with Crippen LogP contribution >= 0.6 is 24.8 Å². The van der Waals surface area contributed by atoms with Crippen LogP contribution < -0.4 is 19.5 Å². The first-order valence-corrected chi connectivity index (χ1v) is 9.11. The van der Waals surface area contributed by atoms with Crippen molar-refractivity contribution in [2.75, 3.05) is 60.7 Å². The fourth-order valence-electron chi connectivity index (χ4n) is 4.03. The van der Waals surface area contributed by atoms with Gasteiger partial charge < -0.3 is 24.3 Å². The average Bonchev–Trinajstić information content (AvgIpc) is 2.69. The lowest BCUT2D eigenvalue weighted by atomic mass is 9.84. The first-order valence-electron chi connectivity index (χ1n) is 9.11. The molecule has 0 spiro atoms. The Hall–Kier alpha value is -0.920. The Kier molecular flexibility index (Phi) is 10.6. The summed E-state index contributed by atoms with van der Waals surface area (Å²) in [5.74, 6) is 2.96. The van der Waals surface area contributed by atoms with Crippen LogP contribution in [0.1, 0.15) is 24.4 Å². The highest BCUT2D eigenvalue weighted by Gasteiger charge is 2.35. The van der Waals surface area contributed by atoms with Crippen LogP contribution in [0, 0.1) is 5.92 Å². The van der Waals surface area contributed by atoms with Gasteiger partial charge in [-0.2, -0.15) is 0 Å². The van der Waals surface area contributed by atoms with Gasteiger partial charge in [0, 0.05) is 57.6 Å². The molecule has 2 heterocycles. The highest BCUT2D eigenvalue weighted by molar-refractivity contribution is 5.85. The summed E-state index contributed by atoms with van der Waals surface area (Å²) in [6.45, 7) is 5.74. The van der Waals surface area contributed by atoms with Crippen LogP contribution in [0.3, 0.4) is 0 Å². The van der Waals surface area contributed by atoms with E-state index in [-0.39, 0.29) is 30.9 Å². The molecule has 0 radical (unpaired) electrons. The maximum absolute atomic E-state index is 5.76. The van der Waals surface area contributed by atoms with Gasteiger partial charge in [-0.3, -0.25) is 4.90 Å². The monoisotopic (exact) mass is 422 g/mol. The van der Waals surface area contributed by atoms with Crippen molar-refractivity contribution >= 4 is 24.8 Å². The number of benzene rings is 1. The molecule has 0 aromatic heterocycles. The second kappa shape index (κ2) is 11.8. The number of rotatable bonds is 6. The van der Waals surface area contributed by atoms with Crippen LogP contribution in [0.2, 0.25) is 0 Å². The van der Waals surface area contributed by atoms with Gasteiger partial charge in [0.1, 0.15) is 17.2 Å². The molecule has 6 nitrogen and oxygen atoms in total. The number of halogens is 2. The zero-order valence-electron chi connectivity index (χ0n) is 16.4. The molecule has 1 aromatic rings. The van der Waals surface area contributed by atoms with Gasteiger partial charge in [0.2, 0.25) is 0 Å². The largest absolute Gasteiger partial charge is 0.496 e. The minimum Gasteiger partial charge on any atom is -0.496 e. The zero-order valence-corrected chi connectivity index (χ0v) is 18.0. The van der Waals surface area contributed by atoms with Crippen LogP contribution in [-0.2, 0) is 4.74 Å². The Labute approximate surface area is 174 Å². The Bertz CT molecular complexity index is 522. The van der Waals surface area contributed by atoms with E-state index in [0.717, 1.165) is 75.0 Å². The predicted octanol–water partition coefficient (Wildman–Crippen LogP) is 2.93. The SMILES string of the molecule is COc1cc(OC)c([C@H](C2CCOCC2)N2CCNCC2)c(OC)c1.Cl.Cl. The number of hydrogen-bond acceptors (Lipinski definition) is 6. The molecule has 2 saturated heterocycles. The van der Waals surface area contributed by atoms with E-state index in [9.17, 15) is 0 Å². The van der Waals surface area contributed by atoms with E-state index in [2.05, 4.69) is 10.2 Å². The first kappa shape index (κ1) is 24.1. The highest BCUT2D eigenvalue weighted by Crippen LogP contribution is 2.45. The van der Waals surface area contributed by atoms with Gasteiger partial charge >= 0.3 is 0 Å². The molecule has 2 aliphatic rings. The molecule has 0 unspecified atom stereocenters. The molecular weight excluding hydrogens is 391 g/mol. The molecule has 1 N–H and O–H groups in total. The molecule has 27 heavy (non-hydrogen) atoms. The molecule has 2 aliphatic heterocycles. The van der Waals surface area contributed by atoms with E-state index in [1.807, 2.05) is 12.1 Å². The standard InChI is InChI=1S/C19H30N2O4.2ClH/c1-22-15-12-16(23-2)18(17(13-15)24-3)19(14-4-10-25-11-5-14)21-8-6-20-7-9-21;;/h12-14,19-20H,4-11H2,1-3H3;2*1H/t19-;;/m0../s1. The quantitative estimate of drug-likeness (QED) is 0.760. The maximum atomic E-state index is 5.76. The van der Waals surface area contributed by atoms with Gasteiger partial charge in [-0.1, -0.05) is 0 Å². The van der Waals surface area contributed by atoms with E-state index in [1.165, 1.54) is 0 Å². The van der Waals surface area contributed by atoms with E-state index in [1.54, 1.807) is 21.3 Å². The van der Waals surface area contributed by atoms with Crippen LogP contribution in [0.15, 0.2) is 12.1 Å². The fourth-order valence-corrected chi connectivity index (χ4v) is 4.03. The second-order valence-electron chi connectivity index (χ2n) is 6.63. The van der Waals surface area contributed by atoms with Crippen molar-refractivity contribution in [2.45, 2.75) is 18.9 Å². The Morgan fingerprint density at radius 2 is 1.52 bits per heavy atom. The third kappa shape index (κ3) is 5.55. The first-order chi connectivity index (χ1) is 12.3. The van der Waals surface area contributed by atoms with Crippen LogP contribution in [-0.4, -0.2) is 65.6 Å². The third-order valence-electron chi connectivity index (χ3n) is 5.31. The maximum Gasteiger partial charge on any atom is 0.131 e. The van der Waals surface area contributed by atoms with Crippen molar-refractivity contribution in [2.24, 2.45) is 5.92 Å². The van der Waals surface area contributed by atoms with Crippen molar-refractivity contribution in [3.63, 3.8) is 0 Å². The number of nitrogens with zero attached hydrogens (tertiary/aromatic N) is 1. The van der Waals surface area contributed by atoms with E-state index >= 15 is 0 Å². The van der Waals surface area contributed by atoms with Gasteiger partial charge in [0.05, 0.1) is 26.9 Å². The van der Waals surface area contributed by atoms with Crippen LogP contribution in [0.4, 0.5) is 0 Å². The zero-order chi connectivity index (χ0) is 17.6. The number of methoxy groups -OCH3 is 3. The van der Waals surface area contributed by atoms with Crippen molar-refractivity contribution < 1.29 is 18.9 Å². The molecular formula is C19H32Cl2N2O4. The topological polar surface area (TPSA) is 52.2 Å². The summed E-state index contributed by atoms with van der Waals surface area (Å²) < 4.78 is 22.5. The molecule has 1 aromatic carbocycles. The van der Waals surface area contributed by atoms with E-state index in [0.29, 0.717) is 5.92 Å². The minimum atomic E-state index is 0. The summed E-state index contributed by atoms with van der Waals surface area (Å²) >= 11 is 0. The van der Waals surface area contributed by atoms with E-state index < -0.39 is 0 Å². The molecule has 156 valence electrons. The summed E-state index contributed by atoms with van der Waals surface area (Å²) in [5, 5.41) is 3.45. The van der Waals surface area contributed by atoms with Gasteiger partial charge in [-0.15, -0.1) is 24.8 Å². The van der Waals surface area contributed by atoms with Gasteiger partial charge in [-0.25, -0.2) is 0 Å². The summed E-state index contributed by atoms with van der Waals surface area (Å²) in [6, 6.07) is 4.19. The van der Waals surface area contributed by atoms with Gasteiger partial charge in [0.15, 0.2) is 0 Å².